The lowest BCUT2D eigenvalue weighted by Gasteiger charge is -2.43. The maximum Gasteiger partial charge on any atom is 0.230 e. The molecule has 2 heterocycles. The molecule has 0 amide bonds. The summed E-state index contributed by atoms with van der Waals surface area (Å²) in [4.78, 5) is 2.39. The first kappa shape index (κ1) is 16.1. The van der Waals surface area contributed by atoms with Crippen molar-refractivity contribution in [3.63, 3.8) is 0 Å². The zero-order valence-electron chi connectivity index (χ0n) is 14.3. The molecule has 5 nitrogen and oxygen atoms in total. The SMILES string of the molecule is CC(C)c1nnc(CN2[C@H](C)CO[C@@H](c3ccccc3)[C@H]2C)o1. The second-order valence-electron chi connectivity index (χ2n) is 6.62. The van der Waals surface area contributed by atoms with Gasteiger partial charge in [0, 0.05) is 18.0 Å². The van der Waals surface area contributed by atoms with E-state index in [0.29, 0.717) is 31.0 Å². The molecule has 0 aliphatic carbocycles. The van der Waals surface area contributed by atoms with Gasteiger partial charge < -0.3 is 9.15 Å². The molecule has 1 saturated heterocycles. The van der Waals surface area contributed by atoms with Crippen LogP contribution in [-0.4, -0.2) is 33.8 Å². The molecule has 23 heavy (non-hydrogen) atoms. The second-order valence-corrected chi connectivity index (χ2v) is 6.62. The highest BCUT2D eigenvalue weighted by Crippen LogP contribution is 2.31. The molecule has 3 rings (SSSR count). The van der Waals surface area contributed by atoms with Crippen LogP contribution in [0.3, 0.4) is 0 Å². The van der Waals surface area contributed by atoms with Gasteiger partial charge in [0.25, 0.3) is 0 Å². The third kappa shape index (κ3) is 3.46. The fraction of sp³-hybridized carbons (Fsp3) is 0.556. The first-order valence-electron chi connectivity index (χ1n) is 8.31. The Bertz CT molecular complexity index is 626. The average molecular weight is 315 g/mol. The van der Waals surface area contributed by atoms with E-state index in [4.69, 9.17) is 9.15 Å². The van der Waals surface area contributed by atoms with Crippen molar-refractivity contribution in [2.75, 3.05) is 6.61 Å². The van der Waals surface area contributed by atoms with Crippen LogP contribution in [0.25, 0.3) is 0 Å². The van der Waals surface area contributed by atoms with Crippen molar-refractivity contribution in [2.45, 2.75) is 58.3 Å². The van der Waals surface area contributed by atoms with Crippen LogP contribution >= 0.6 is 0 Å². The molecule has 0 spiro atoms. The highest BCUT2D eigenvalue weighted by atomic mass is 16.5. The Hall–Kier alpha value is -1.72. The van der Waals surface area contributed by atoms with Crippen molar-refractivity contribution in [1.82, 2.24) is 15.1 Å². The van der Waals surface area contributed by atoms with E-state index >= 15 is 0 Å². The summed E-state index contributed by atoms with van der Waals surface area (Å²) in [5.74, 6) is 1.64. The fourth-order valence-corrected chi connectivity index (χ4v) is 3.09. The van der Waals surface area contributed by atoms with E-state index in [-0.39, 0.29) is 18.1 Å². The number of nitrogens with zero attached hydrogens (tertiary/aromatic N) is 3. The van der Waals surface area contributed by atoms with Crippen LogP contribution in [0.1, 0.15) is 57.1 Å². The van der Waals surface area contributed by atoms with E-state index in [1.165, 1.54) is 5.56 Å². The van der Waals surface area contributed by atoms with E-state index in [1.807, 2.05) is 6.07 Å². The molecule has 5 heteroatoms. The van der Waals surface area contributed by atoms with E-state index in [1.54, 1.807) is 0 Å². The lowest BCUT2D eigenvalue weighted by atomic mass is 9.98. The summed E-state index contributed by atoms with van der Waals surface area (Å²) in [5, 5.41) is 8.33. The summed E-state index contributed by atoms with van der Waals surface area (Å²) in [6.07, 6.45) is 0.0693. The Labute approximate surface area is 137 Å². The Kier molecular flexibility index (Phi) is 4.78. The molecular formula is C18H25N3O2. The molecule has 2 aromatic rings. The third-order valence-corrected chi connectivity index (χ3v) is 4.47. The minimum absolute atomic E-state index is 0.0693. The molecule has 0 saturated carbocycles. The van der Waals surface area contributed by atoms with Crippen LogP contribution in [-0.2, 0) is 11.3 Å². The minimum atomic E-state index is 0.0693. The Morgan fingerprint density at radius 3 is 2.57 bits per heavy atom. The number of hydrogen-bond acceptors (Lipinski definition) is 5. The normalized spacial score (nSPS) is 25.9. The number of benzene rings is 1. The Morgan fingerprint density at radius 1 is 1.17 bits per heavy atom. The standard InChI is InChI=1S/C18H25N3O2/c1-12(2)18-20-19-16(23-18)10-21-13(3)11-22-17(14(21)4)15-8-6-5-7-9-15/h5-9,12-14,17H,10-11H2,1-4H3/t13-,14-,17-/m1/s1. The first-order chi connectivity index (χ1) is 11.1. The summed E-state index contributed by atoms with van der Waals surface area (Å²) in [7, 11) is 0. The van der Waals surface area contributed by atoms with Crippen molar-refractivity contribution in [1.29, 1.82) is 0 Å². The summed E-state index contributed by atoms with van der Waals surface area (Å²) < 4.78 is 11.9. The average Bonchev–Trinajstić information content (AvgIpc) is 3.01. The van der Waals surface area contributed by atoms with Crippen LogP contribution in [0.2, 0.25) is 0 Å². The van der Waals surface area contributed by atoms with Crippen molar-refractivity contribution in [3.05, 3.63) is 47.7 Å². The van der Waals surface area contributed by atoms with Gasteiger partial charge in [0.15, 0.2) is 0 Å². The van der Waals surface area contributed by atoms with Gasteiger partial charge in [-0.15, -0.1) is 10.2 Å². The second kappa shape index (κ2) is 6.81. The van der Waals surface area contributed by atoms with Crippen LogP contribution in [0.5, 0.6) is 0 Å². The molecular weight excluding hydrogens is 290 g/mol. The molecule has 0 N–H and O–H groups in total. The van der Waals surface area contributed by atoms with Crippen LogP contribution < -0.4 is 0 Å². The maximum absolute atomic E-state index is 6.09. The number of morpholine rings is 1. The molecule has 124 valence electrons. The van der Waals surface area contributed by atoms with Crippen molar-refractivity contribution >= 4 is 0 Å². The number of ether oxygens (including phenoxy) is 1. The quantitative estimate of drug-likeness (QED) is 0.863. The summed E-state index contributed by atoms with van der Waals surface area (Å²) in [6.45, 7) is 9.86. The zero-order valence-corrected chi connectivity index (χ0v) is 14.3. The van der Waals surface area contributed by atoms with Gasteiger partial charge in [-0.05, 0) is 19.4 Å². The van der Waals surface area contributed by atoms with E-state index in [0.717, 1.165) is 0 Å². The van der Waals surface area contributed by atoms with Crippen molar-refractivity contribution in [3.8, 4) is 0 Å². The van der Waals surface area contributed by atoms with Crippen LogP contribution in [0.15, 0.2) is 34.7 Å². The van der Waals surface area contributed by atoms with Gasteiger partial charge in [0.1, 0.15) is 0 Å². The van der Waals surface area contributed by atoms with E-state index in [9.17, 15) is 0 Å². The Balaban J connectivity index is 1.76. The van der Waals surface area contributed by atoms with Gasteiger partial charge in [-0.2, -0.15) is 0 Å². The number of aromatic nitrogens is 2. The monoisotopic (exact) mass is 315 g/mol. The molecule has 3 atom stereocenters. The van der Waals surface area contributed by atoms with Gasteiger partial charge in [-0.25, -0.2) is 0 Å². The number of rotatable bonds is 4. The van der Waals surface area contributed by atoms with E-state index in [2.05, 4.69) is 67.1 Å². The molecule has 0 bridgehead atoms. The highest BCUT2D eigenvalue weighted by molar-refractivity contribution is 5.19. The predicted molar refractivity (Wildman–Crippen MR) is 88.0 cm³/mol. The molecule has 1 aliphatic rings. The topological polar surface area (TPSA) is 51.4 Å². The lowest BCUT2D eigenvalue weighted by Crippen LogP contribution is -2.50. The molecule has 0 radical (unpaired) electrons. The van der Waals surface area contributed by atoms with Gasteiger partial charge in [0.05, 0.1) is 19.3 Å². The molecule has 0 unspecified atom stereocenters. The smallest absolute Gasteiger partial charge is 0.230 e. The van der Waals surface area contributed by atoms with Crippen LogP contribution in [0, 0.1) is 0 Å². The largest absolute Gasteiger partial charge is 0.424 e. The molecule has 1 aliphatic heterocycles. The maximum atomic E-state index is 6.09. The van der Waals surface area contributed by atoms with Gasteiger partial charge in [-0.1, -0.05) is 44.2 Å². The first-order valence-corrected chi connectivity index (χ1v) is 8.31. The summed E-state index contributed by atoms with van der Waals surface area (Å²) in [5.41, 5.74) is 1.21. The minimum Gasteiger partial charge on any atom is -0.424 e. The van der Waals surface area contributed by atoms with Gasteiger partial charge in [0.2, 0.25) is 11.8 Å². The van der Waals surface area contributed by atoms with Gasteiger partial charge >= 0.3 is 0 Å². The third-order valence-electron chi connectivity index (χ3n) is 4.47. The summed E-state index contributed by atoms with van der Waals surface area (Å²) >= 11 is 0. The fourth-order valence-electron chi connectivity index (χ4n) is 3.09. The highest BCUT2D eigenvalue weighted by Gasteiger charge is 2.35. The van der Waals surface area contributed by atoms with E-state index < -0.39 is 0 Å². The van der Waals surface area contributed by atoms with Gasteiger partial charge in [-0.3, -0.25) is 4.90 Å². The number of hydrogen-bond donors (Lipinski definition) is 0. The van der Waals surface area contributed by atoms with Crippen LogP contribution in [0.4, 0.5) is 0 Å². The van der Waals surface area contributed by atoms with Crippen molar-refractivity contribution < 1.29 is 9.15 Å². The van der Waals surface area contributed by atoms with Crippen molar-refractivity contribution in [2.24, 2.45) is 0 Å². The molecule has 1 fully saturated rings. The Morgan fingerprint density at radius 2 is 1.91 bits per heavy atom. The summed E-state index contributed by atoms with van der Waals surface area (Å²) in [6, 6.07) is 11.0. The predicted octanol–water partition coefficient (Wildman–Crippen LogP) is 3.54. The lowest BCUT2D eigenvalue weighted by molar-refractivity contribution is -0.102. The zero-order chi connectivity index (χ0) is 16.4. The molecule has 1 aromatic heterocycles. The molecule has 1 aromatic carbocycles.